The van der Waals surface area contributed by atoms with E-state index < -0.39 is 12.0 Å². The molecule has 1 aromatic carbocycles. The molecule has 2 rings (SSSR count). The van der Waals surface area contributed by atoms with E-state index in [1.807, 2.05) is 35.7 Å². The van der Waals surface area contributed by atoms with Gasteiger partial charge >= 0.3 is 5.97 Å². The molecule has 0 amide bonds. The van der Waals surface area contributed by atoms with Crippen molar-refractivity contribution in [2.45, 2.75) is 12.5 Å². The van der Waals surface area contributed by atoms with Crippen molar-refractivity contribution in [2.75, 3.05) is 0 Å². The van der Waals surface area contributed by atoms with Crippen LogP contribution in [0, 0.1) is 0 Å². The Morgan fingerprint density at radius 3 is 2.82 bits per heavy atom. The number of aliphatic carboxylic acids is 1. The molecule has 88 valence electrons. The molecule has 0 aliphatic carbocycles. The van der Waals surface area contributed by atoms with Crippen LogP contribution in [0.25, 0.3) is 11.1 Å². The fraction of sp³-hybridized carbons (Fsp3) is 0.154. The second-order valence-electron chi connectivity index (χ2n) is 3.86. The number of carboxylic acids is 1. The Kier molecular flexibility index (Phi) is 3.56. The number of hydrogen-bond acceptors (Lipinski definition) is 3. The molecule has 0 aliphatic rings. The largest absolute Gasteiger partial charge is 0.480 e. The van der Waals surface area contributed by atoms with E-state index in [1.54, 1.807) is 11.3 Å². The van der Waals surface area contributed by atoms with Crippen LogP contribution in [0.1, 0.15) is 5.56 Å². The van der Waals surface area contributed by atoms with Crippen LogP contribution in [0.15, 0.2) is 41.1 Å². The molecule has 17 heavy (non-hydrogen) atoms. The van der Waals surface area contributed by atoms with Gasteiger partial charge in [0.25, 0.3) is 0 Å². The third-order valence-electron chi connectivity index (χ3n) is 2.55. The molecule has 0 aliphatic heterocycles. The lowest BCUT2D eigenvalue weighted by molar-refractivity contribution is -0.138. The monoisotopic (exact) mass is 247 g/mol. The molecule has 2 aromatic rings. The van der Waals surface area contributed by atoms with Crippen molar-refractivity contribution < 1.29 is 9.90 Å². The van der Waals surface area contributed by atoms with Gasteiger partial charge < -0.3 is 10.8 Å². The van der Waals surface area contributed by atoms with Crippen LogP contribution in [-0.2, 0) is 11.2 Å². The van der Waals surface area contributed by atoms with Gasteiger partial charge in [0.15, 0.2) is 0 Å². The van der Waals surface area contributed by atoms with Crippen LogP contribution in [0.5, 0.6) is 0 Å². The van der Waals surface area contributed by atoms with Crippen molar-refractivity contribution in [2.24, 2.45) is 5.73 Å². The molecule has 3 N–H and O–H groups in total. The highest BCUT2D eigenvalue weighted by Crippen LogP contribution is 2.23. The summed E-state index contributed by atoms with van der Waals surface area (Å²) in [6, 6.07) is 9.03. The summed E-state index contributed by atoms with van der Waals surface area (Å²) in [5, 5.41) is 12.9. The van der Waals surface area contributed by atoms with Gasteiger partial charge in [-0.15, -0.1) is 0 Å². The number of rotatable bonds is 4. The van der Waals surface area contributed by atoms with E-state index in [1.165, 1.54) is 0 Å². The van der Waals surface area contributed by atoms with Crippen molar-refractivity contribution in [3.05, 3.63) is 46.7 Å². The predicted octanol–water partition coefficient (Wildman–Crippen LogP) is 2.37. The first-order valence-electron chi connectivity index (χ1n) is 5.26. The molecular formula is C13H13NO2S. The summed E-state index contributed by atoms with van der Waals surface area (Å²) >= 11 is 1.64. The van der Waals surface area contributed by atoms with Gasteiger partial charge in [0.2, 0.25) is 0 Å². The van der Waals surface area contributed by atoms with Crippen LogP contribution in [0.3, 0.4) is 0 Å². The minimum atomic E-state index is -0.967. The lowest BCUT2D eigenvalue weighted by atomic mass is 10.0. The normalized spacial score (nSPS) is 12.3. The number of nitrogens with two attached hydrogens (primary N) is 1. The third kappa shape index (κ3) is 2.93. The Balaban J connectivity index is 2.20. The van der Waals surface area contributed by atoms with Gasteiger partial charge in [-0.25, -0.2) is 0 Å². The van der Waals surface area contributed by atoms with E-state index in [0.717, 1.165) is 16.7 Å². The molecule has 0 saturated carbocycles. The SMILES string of the molecule is NC(Cc1cccc(-c2ccsc2)c1)C(=O)O. The lowest BCUT2D eigenvalue weighted by Gasteiger charge is -2.07. The zero-order valence-electron chi connectivity index (χ0n) is 9.17. The highest BCUT2D eigenvalue weighted by molar-refractivity contribution is 7.08. The fourth-order valence-corrected chi connectivity index (χ4v) is 2.31. The van der Waals surface area contributed by atoms with Crippen LogP contribution >= 0.6 is 11.3 Å². The summed E-state index contributed by atoms with van der Waals surface area (Å²) in [7, 11) is 0. The Morgan fingerprint density at radius 2 is 2.18 bits per heavy atom. The summed E-state index contributed by atoms with van der Waals surface area (Å²) in [6.45, 7) is 0. The first kappa shape index (κ1) is 11.8. The smallest absolute Gasteiger partial charge is 0.320 e. The maximum absolute atomic E-state index is 10.7. The molecule has 1 aromatic heterocycles. The van der Waals surface area contributed by atoms with Crippen molar-refractivity contribution in [3.8, 4) is 11.1 Å². The van der Waals surface area contributed by atoms with Crippen molar-refractivity contribution in [3.63, 3.8) is 0 Å². The first-order chi connectivity index (χ1) is 8.16. The number of benzene rings is 1. The van der Waals surface area contributed by atoms with E-state index in [-0.39, 0.29) is 0 Å². The van der Waals surface area contributed by atoms with Gasteiger partial charge in [-0.2, -0.15) is 11.3 Å². The summed E-state index contributed by atoms with van der Waals surface area (Å²) in [6.07, 6.45) is 0.354. The van der Waals surface area contributed by atoms with Gasteiger partial charge in [-0.05, 0) is 39.9 Å². The lowest BCUT2D eigenvalue weighted by Crippen LogP contribution is -2.32. The quantitative estimate of drug-likeness (QED) is 0.871. The number of carboxylic acid groups (broad SMARTS) is 1. The van der Waals surface area contributed by atoms with Gasteiger partial charge in [0, 0.05) is 0 Å². The molecular weight excluding hydrogens is 234 g/mol. The topological polar surface area (TPSA) is 63.3 Å². The van der Waals surface area contributed by atoms with Crippen LogP contribution in [0.4, 0.5) is 0 Å². The predicted molar refractivity (Wildman–Crippen MR) is 69.1 cm³/mol. The molecule has 1 heterocycles. The zero-order valence-corrected chi connectivity index (χ0v) is 9.98. The second-order valence-corrected chi connectivity index (χ2v) is 4.64. The Labute approximate surface area is 104 Å². The van der Waals surface area contributed by atoms with E-state index in [4.69, 9.17) is 10.8 Å². The summed E-state index contributed by atoms with van der Waals surface area (Å²) < 4.78 is 0. The number of thiophene rings is 1. The van der Waals surface area contributed by atoms with Crippen LogP contribution in [0.2, 0.25) is 0 Å². The molecule has 0 radical (unpaired) electrons. The summed E-state index contributed by atoms with van der Waals surface area (Å²) in [5.41, 5.74) is 8.72. The minimum Gasteiger partial charge on any atom is -0.480 e. The molecule has 3 nitrogen and oxygen atoms in total. The van der Waals surface area contributed by atoms with Crippen LogP contribution in [-0.4, -0.2) is 17.1 Å². The van der Waals surface area contributed by atoms with Gasteiger partial charge in [0.1, 0.15) is 6.04 Å². The van der Waals surface area contributed by atoms with Crippen molar-refractivity contribution in [1.29, 1.82) is 0 Å². The molecule has 1 unspecified atom stereocenters. The van der Waals surface area contributed by atoms with E-state index in [0.29, 0.717) is 6.42 Å². The van der Waals surface area contributed by atoms with Crippen molar-refractivity contribution >= 4 is 17.3 Å². The highest BCUT2D eigenvalue weighted by atomic mass is 32.1. The Bertz CT molecular complexity index is 508. The molecule has 0 saturated heterocycles. The average Bonchev–Trinajstić information content (AvgIpc) is 2.82. The molecule has 4 heteroatoms. The van der Waals surface area contributed by atoms with E-state index in [2.05, 4.69) is 5.38 Å². The third-order valence-corrected chi connectivity index (χ3v) is 3.24. The summed E-state index contributed by atoms with van der Waals surface area (Å²) in [5.74, 6) is -0.967. The van der Waals surface area contributed by atoms with Crippen molar-refractivity contribution in [1.82, 2.24) is 0 Å². The number of carbonyl (C=O) groups is 1. The minimum absolute atomic E-state index is 0.354. The van der Waals surface area contributed by atoms with Gasteiger partial charge in [-0.3, -0.25) is 4.79 Å². The van der Waals surface area contributed by atoms with Crippen LogP contribution < -0.4 is 5.73 Å². The zero-order chi connectivity index (χ0) is 12.3. The molecule has 0 spiro atoms. The summed E-state index contributed by atoms with van der Waals surface area (Å²) in [4.78, 5) is 10.7. The molecule has 1 atom stereocenters. The van der Waals surface area contributed by atoms with E-state index in [9.17, 15) is 4.79 Å². The average molecular weight is 247 g/mol. The maximum atomic E-state index is 10.7. The maximum Gasteiger partial charge on any atom is 0.320 e. The standard InChI is InChI=1S/C13H13NO2S/c14-12(13(15)16)7-9-2-1-3-10(6-9)11-4-5-17-8-11/h1-6,8,12H,7,14H2,(H,15,16). The molecule has 0 fully saturated rings. The Hall–Kier alpha value is -1.65. The second kappa shape index (κ2) is 5.12. The fourth-order valence-electron chi connectivity index (χ4n) is 1.65. The molecule has 0 bridgehead atoms. The van der Waals surface area contributed by atoms with Gasteiger partial charge in [-0.1, -0.05) is 24.3 Å². The van der Waals surface area contributed by atoms with Gasteiger partial charge in [0.05, 0.1) is 0 Å². The highest BCUT2D eigenvalue weighted by Gasteiger charge is 2.12. The van der Waals surface area contributed by atoms with E-state index >= 15 is 0 Å². The first-order valence-corrected chi connectivity index (χ1v) is 6.21. The Morgan fingerprint density at radius 1 is 1.35 bits per heavy atom. The number of hydrogen-bond donors (Lipinski definition) is 2.